The van der Waals surface area contributed by atoms with Gasteiger partial charge in [0, 0.05) is 60.8 Å². The van der Waals surface area contributed by atoms with Gasteiger partial charge in [0.05, 0.1) is 26.0 Å². The predicted molar refractivity (Wildman–Crippen MR) is 183 cm³/mol. The molecule has 0 bridgehead atoms. The number of carbonyl (C=O) groups excluding carboxylic acids is 2. The minimum absolute atomic E-state index is 0.0120. The van der Waals surface area contributed by atoms with Crippen LogP contribution in [0.2, 0.25) is 5.02 Å². The van der Waals surface area contributed by atoms with Gasteiger partial charge >= 0.3 is 6.03 Å². The Morgan fingerprint density at radius 1 is 0.898 bits per heavy atom. The van der Waals surface area contributed by atoms with Crippen molar-refractivity contribution >= 4 is 45.2 Å². The van der Waals surface area contributed by atoms with Gasteiger partial charge in [0.2, 0.25) is 5.95 Å². The molecule has 0 spiro atoms. The molecule has 1 fully saturated rings. The average molecular weight is 707 g/mol. The number of para-hydroxylation sites is 1. The van der Waals surface area contributed by atoms with Gasteiger partial charge < -0.3 is 29.3 Å². The Balaban J connectivity index is 1.48. The summed E-state index contributed by atoms with van der Waals surface area (Å²) in [5, 5.41) is 3.20. The van der Waals surface area contributed by atoms with Crippen LogP contribution >= 0.6 is 11.6 Å². The van der Waals surface area contributed by atoms with Gasteiger partial charge in [-0.05, 0) is 56.3 Å². The van der Waals surface area contributed by atoms with E-state index in [1.54, 1.807) is 47.6 Å². The third kappa shape index (κ3) is 6.06. The SMILES string of the molecule is COc1ccc(S(=O)(=O)N2C(=O)C(NC(=O)N3CCN(c4ncccn4)CC3)(c3ccccc3OC(C)C)c3cc(Cl)ccc32)c(OC)c1. The molecule has 0 aliphatic carbocycles. The monoisotopic (exact) mass is 706 g/mol. The first-order valence-corrected chi connectivity index (χ1v) is 17.3. The van der Waals surface area contributed by atoms with Gasteiger partial charge in [-0.1, -0.05) is 29.8 Å². The normalized spacial score (nSPS) is 17.6. The number of ether oxygens (including phenoxy) is 3. The largest absolute Gasteiger partial charge is 0.497 e. The smallest absolute Gasteiger partial charge is 0.318 e. The minimum atomic E-state index is -4.66. The number of piperazine rings is 1. The van der Waals surface area contributed by atoms with Gasteiger partial charge in [-0.25, -0.2) is 23.2 Å². The number of carbonyl (C=O) groups is 2. The molecule has 1 saturated heterocycles. The number of benzene rings is 3. The molecular weight excluding hydrogens is 672 g/mol. The number of fused-ring (bicyclic) bond motifs is 1. The maximum Gasteiger partial charge on any atom is 0.318 e. The lowest BCUT2D eigenvalue weighted by molar-refractivity contribution is -0.121. The molecule has 2 aliphatic heterocycles. The topological polar surface area (TPSA) is 143 Å². The summed E-state index contributed by atoms with van der Waals surface area (Å²) in [7, 11) is -1.90. The minimum Gasteiger partial charge on any atom is -0.497 e. The Morgan fingerprint density at radius 3 is 2.29 bits per heavy atom. The van der Waals surface area contributed by atoms with Crippen LogP contribution in [0, 0.1) is 0 Å². The van der Waals surface area contributed by atoms with Crippen molar-refractivity contribution < 1.29 is 32.2 Å². The summed E-state index contributed by atoms with van der Waals surface area (Å²) in [6.07, 6.45) is 2.98. The molecule has 15 heteroatoms. The van der Waals surface area contributed by atoms with Crippen LogP contribution in [0.3, 0.4) is 0 Å². The van der Waals surface area contributed by atoms with Crippen molar-refractivity contribution in [1.82, 2.24) is 20.2 Å². The Kier molecular flexibility index (Phi) is 9.27. The van der Waals surface area contributed by atoms with Crippen LogP contribution in [0.1, 0.15) is 25.0 Å². The van der Waals surface area contributed by atoms with Gasteiger partial charge in [0.15, 0.2) is 5.54 Å². The van der Waals surface area contributed by atoms with E-state index in [2.05, 4.69) is 15.3 Å². The van der Waals surface area contributed by atoms with E-state index in [9.17, 15) is 13.2 Å². The molecule has 1 N–H and O–H groups in total. The molecule has 1 unspecified atom stereocenters. The number of anilines is 2. The molecule has 4 aromatic rings. The van der Waals surface area contributed by atoms with Crippen molar-refractivity contribution in [2.24, 2.45) is 0 Å². The summed E-state index contributed by atoms with van der Waals surface area (Å²) in [4.78, 5) is 41.3. The molecule has 6 rings (SSSR count). The van der Waals surface area contributed by atoms with Gasteiger partial charge in [0.25, 0.3) is 15.9 Å². The molecular formula is C34H35ClN6O7S. The number of sulfonamides is 1. The number of amides is 3. The van der Waals surface area contributed by atoms with Crippen molar-refractivity contribution in [3.63, 3.8) is 0 Å². The van der Waals surface area contributed by atoms with E-state index in [0.29, 0.717) is 29.1 Å². The number of methoxy groups -OCH3 is 2. The van der Waals surface area contributed by atoms with Gasteiger partial charge in [-0.3, -0.25) is 4.79 Å². The van der Waals surface area contributed by atoms with Crippen LogP contribution in [0.25, 0.3) is 0 Å². The highest BCUT2D eigenvalue weighted by Gasteiger charge is 2.59. The third-order valence-corrected chi connectivity index (χ3v) is 10.3. The van der Waals surface area contributed by atoms with E-state index in [1.807, 2.05) is 18.7 Å². The van der Waals surface area contributed by atoms with Crippen LogP contribution < -0.4 is 28.7 Å². The van der Waals surface area contributed by atoms with E-state index in [4.69, 9.17) is 25.8 Å². The summed E-state index contributed by atoms with van der Waals surface area (Å²) in [5.74, 6) is 0.198. The molecule has 3 amide bonds. The zero-order valence-corrected chi connectivity index (χ0v) is 28.9. The molecule has 13 nitrogen and oxygen atoms in total. The first-order valence-electron chi connectivity index (χ1n) is 15.5. The van der Waals surface area contributed by atoms with Crippen molar-refractivity contribution in [1.29, 1.82) is 0 Å². The fraction of sp³-hybridized carbons (Fsp3) is 0.294. The van der Waals surface area contributed by atoms with Crippen LogP contribution in [0.15, 0.2) is 84.0 Å². The lowest BCUT2D eigenvalue weighted by atomic mass is 9.83. The molecule has 1 atom stereocenters. The number of aromatic nitrogens is 2. The van der Waals surface area contributed by atoms with Gasteiger partial charge in [-0.15, -0.1) is 0 Å². The fourth-order valence-corrected chi connectivity index (χ4v) is 7.85. The first kappa shape index (κ1) is 33.8. The highest BCUT2D eigenvalue weighted by atomic mass is 35.5. The van der Waals surface area contributed by atoms with E-state index in [1.165, 1.54) is 50.6 Å². The molecule has 3 heterocycles. The Bertz CT molecular complexity index is 1990. The summed E-state index contributed by atoms with van der Waals surface area (Å²) in [6, 6.07) is 16.5. The van der Waals surface area contributed by atoms with Crippen LogP contribution in [-0.2, 0) is 20.4 Å². The summed E-state index contributed by atoms with van der Waals surface area (Å²) in [5.41, 5.74) is -1.67. The lowest BCUT2D eigenvalue weighted by Gasteiger charge is -2.38. The van der Waals surface area contributed by atoms with Crippen molar-refractivity contribution in [3.8, 4) is 17.2 Å². The number of hydrogen-bond acceptors (Lipinski definition) is 10. The first-order chi connectivity index (χ1) is 23.5. The molecule has 0 saturated carbocycles. The van der Waals surface area contributed by atoms with Crippen molar-refractivity contribution in [3.05, 3.63) is 95.3 Å². The van der Waals surface area contributed by atoms with Crippen LogP contribution in [-0.4, -0.2) is 81.7 Å². The number of nitrogens with one attached hydrogen (secondary N) is 1. The molecule has 0 radical (unpaired) electrons. The standard InChI is InChI=1S/C34H35ClN6O7S/c1-22(2)48-28-9-6-5-8-25(28)34(38-33(43)40-18-16-39(17-19-40)32-36-14-7-15-37-32)26-20-23(35)10-12-27(26)41(31(34)42)49(44,45)30-13-11-24(46-3)21-29(30)47-4/h5-15,20-22H,16-19H2,1-4H3,(H,38,43). The zero-order chi connectivity index (χ0) is 34.9. The summed E-state index contributed by atoms with van der Waals surface area (Å²) in [6.45, 7) is 5.09. The highest BCUT2D eigenvalue weighted by molar-refractivity contribution is 7.93. The predicted octanol–water partition coefficient (Wildman–Crippen LogP) is 4.45. The molecule has 1 aromatic heterocycles. The highest BCUT2D eigenvalue weighted by Crippen LogP contribution is 2.50. The van der Waals surface area contributed by atoms with Crippen molar-refractivity contribution in [2.45, 2.75) is 30.4 Å². The number of halogens is 1. The van der Waals surface area contributed by atoms with E-state index in [-0.39, 0.29) is 57.4 Å². The van der Waals surface area contributed by atoms with E-state index in [0.717, 1.165) is 0 Å². The fourth-order valence-electron chi connectivity index (χ4n) is 6.07. The molecule has 256 valence electrons. The van der Waals surface area contributed by atoms with Gasteiger partial charge in [-0.2, -0.15) is 4.31 Å². The zero-order valence-electron chi connectivity index (χ0n) is 27.3. The van der Waals surface area contributed by atoms with E-state index < -0.39 is 27.5 Å². The third-order valence-electron chi connectivity index (χ3n) is 8.33. The van der Waals surface area contributed by atoms with Gasteiger partial charge in [0.1, 0.15) is 22.1 Å². The summed E-state index contributed by atoms with van der Waals surface area (Å²) < 4.78 is 46.7. The number of hydrogen-bond donors (Lipinski definition) is 1. The maximum atomic E-state index is 15.2. The summed E-state index contributed by atoms with van der Waals surface area (Å²) >= 11 is 6.54. The average Bonchev–Trinajstić information content (AvgIpc) is 3.35. The number of rotatable bonds is 9. The second-order valence-electron chi connectivity index (χ2n) is 11.6. The van der Waals surface area contributed by atoms with Crippen molar-refractivity contribution in [2.75, 3.05) is 49.6 Å². The van der Waals surface area contributed by atoms with Crippen LogP contribution in [0.4, 0.5) is 16.4 Å². The Morgan fingerprint density at radius 2 is 1.61 bits per heavy atom. The maximum absolute atomic E-state index is 15.2. The van der Waals surface area contributed by atoms with E-state index >= 15 is 4.79 Å². The molecule has 3 aromatic carbocycles. The number of nitrogens with zero attached hydrogens (tertiary/aromatic N) is 5. The quantitative estimate of drug-likeness (QED) is 0.265. The second-order valence-corrected chi connectivity index (χ2v) is 13.8. The Hall–Kier alpha value is -5.08. The second kappa shape index (κ2) is 13.4. The Labute approximate surface area is 289 Å². The van der Waals surface area contributed by atoms with Crippen LogP contribution in [0.5, 0.6) is 17.2 Å². The number of urea groups is 1. The lowest BCUT2D eigenvalue weighted by Crippen LogP contribution is -2.60. The molecule has 49 heavy (non-hydrogen) atoms. The molecule has 2 aliphatic rings.